The Morgan fingerprint density at radius 2 is 1.87 bits per heavy atom. The summed E-state index contributed by atoms with van der Waals surface area (Å²) in [6.07, 6.45) is 8.20. The molecule has 4 fully saturated rings. The fourth-order valence-electron chi connectivity index (χ4n) is 6.58. The predicted molar refractivity (Wildman–Crippen MR) is 88.7 cm³/mol. The van der Waals surface area contributed by atoms with Crippen molar-refractivity contribution in [1.82, 2.24) is 0 Å². The van der Waals surface area contributed by atoms with E-state index in [-0.39, 0.29) is 17.5 Å². The lowest BCUT2D eigenvalue weighted by Crippen LogP contribution is -2.59. The molecule has 0 aromatic heterocycles. The van der Waals surface area contributed by atoms with E-state index in [2.05, 4.69) is 24.3 Å². The lowest BCUT2D eigenvalue weighted by Gasteiger charge is -2.66. The third-order valence-corrected chi connectivity index (χ3v) is 7.71. The Balaban J connectivity index is 1.21. The van der Waals surface area contributed by atoms with Crippen LogP contribution >= 0.6 is 0 Å². The number of benzene rings is 1. The summed E-state index contributed by atoms with van der Waals surface area (Å²) in [4.78, 5) is 12.6. The maximum Gasteiger partial charge on any atom is 0.309 e. The molecule has 23 heavy (non-hydrogen) atoms. The van der Waals surface area contributed by atoms with E-state index in [4.69, 9.17) is 4.74 Å². The smallest absolute Gasteiger partial charge is 0.309 e. The van der Waals surface area contributed by atoms with Crippen LogP contribution in [0.25, 0.3) is 0 Å². The normalized spacial score (nSPS) is 43.3. The van der Waals surface area contributed by atoms with Gasteiger partial charge in [0.2, 0.25) is 0 Å². The van der Waals surface area contributed by atoms with Crippen LogP contribution in [0, 0.1) is 29.1 Å². The maximum atomic E-state index is 12.6. The van der Waals surface area contributed by atoms with Gasteiger partial charge in [0.15, 0.2) is 0 Å². The molecule has 5 rings (SSSR count). The van der Waals surface area contributed by atoms with Crippen LogP contribution in [0.2, 0.25) is 0 Å². The molecule has 2 nitrogen and oxygen atoms in total. The monoisotopic (exact) mass is 310 g/mol. The molecule has 4 saturated carbocycles. The summed E-state index contributed by atoms with van der Waals surface area (Å²) in [6.45, 7) is 2.04. The maximum absolute atomic E-state index is 12.6. The summed E-state index contributed by atoms with van der Waals surface area (Å²) in [6, 6.07) is 10.4. The Morgan fingerprint density at radius 1 is 1.17 bits per heavy atom. The van der Waals surface area contributed by atoms with Gasteiger partial charge in [-0.2, -0.15) is 0 Å². The standard InChI is InChI=1S/C21H26O2/c1-14(7-8-15-5-3-2-4-6-15)19(22)23-20-11-17-9-16-10-18(12-20)21(16,17)13-20/h2-6,14,16-18H,7-13H2,1H3. The van der Waals surface area contributed by atoms with E-state index in [0.29, 0.717) is 5.41 Å². The van der Waals surface area contributed by atoms with E-state index in [1.807, 2.05) is 13.0 Å². The quantitative estimate of drug-likeness (QED) is 0.755. The minimum absolute atomic E-state index is 0.00869. The molecule has 0 amide bonds. The molecule has 2 bridgehead atoms. The predicted octanol–water partition coefficient (Wildman–Crippen LogP) is 4.38. The van der Waals surface area contributed by atoms with Crippen LogP contribution in [-0.2, 0) is 16.0 Å². The van der Waals surface area contributed by atoms with Gasteiger partial charge in [-0.15, -0.1) is 0 Å². The SMILES string of the molecule is CC(CCc1ccccc1)C(=O)OC12CC3CC4CC(C1)C43C2. The van der Waals surface area contributed by atoms with Gasteiger partial charge in [-0.25, -0.2) is 0 Å². The third kappa shape index (κ3) is 1.84. The lowest BCUT2D eigenvalue weighted by molar-refractivity contribution is -0.187. The Labute approximate surface area is 138 Å². The highest BCUT2D eigenvalue weighted by atomic mass is 16.6. The van der Waals surface area contributed by atoms with Crippen LogP contribution in [0.4, 0.5) is 0 Å². The molecule has 2 heteroatoms. The average molecular weight is 310 g/mol. The fourth-order valence-corrected chi connectivity index (χ4v) is 6.58. The Morgan fingerprint density at radius 3 is 2.48 bits per heavy atom. The highest BCUT2D eigenvalue weighted by molar-refractivity contribution is 5.72. The minimum Gasteiger partial charge on any atom is -0.459 e. The van der Waals surface area contributed by atoms with Gasteiger partial charge in [0.25, 0.3) is 0 Å². The van der Waals surface area contributed by atoms with E-state index in [0.717, 1.165) is 43.4 Å². The number of aryl methyl sites for hydroxylation is 1. The second-order valence-electron chi connectivity index (χ2n) is 8.79. The van der Waals surface area contributed by atoms with Gasteiger partial charge < -0.3 is 4.74 Å². The number of hydrogen-bond donors (Lipinski definition) is 0. The van der Waals surface area contributed by atoms with Gasteiger partial charge in [-0.1, -0.05) is 37.3 Å². The molecule has 0 N–H and O–H groups in total. The van der Waals surface area contributed by atoms with Crippen molar-refractivity contribution >= 4 is 5.97 Å². The zero-order valence-corrected chi connectivity index (χ0v) is 14.0. The van der Waals surface area contributed by atoms with Crippen molar-refractivity contribution < 1.29 is 9.53 Å². The van der Waals surface area contributed by atoms with Crippen molar-refractivity contribution in [3.63, 3.8) is 0 Å². The first-order chi connectivity index (χ1) is 11.1. The van der Waals surface area contributed by atoms with Gasteiger partial charge in [0.1, 0.15) is 5.60 Å². The van der Waals surface area contributed by atoms with Crippen LogP contribution in [-0.4, -0.2) is 11.6 Å². The van der Waals surface area contributed by atoms with Gasteiger partial charge in [0.05, 0.1) is 5.92 Å². The molecular formula is C21H26O2. The molecule has 1 spiro atoms. The van der Waals surface area contributed by atoms with Crippen LogP contribution in [0.1, 0.15) is 51.0 Å². The second kappa shape index (κ2) is 4.62. The van der Waals surface area contributed by atoms with E-state index in [1.54, 1.807) is 0 Å². The number of fused-ring (bicyclic) bond motifs is 1. The zero-order valence-electron chi connectivity index (χ0n) is 14.0. The minimum atomic E-state index is -0.0708. The van der Waals surface area contributed by atoms with Gasteiger partial charge in [-0.05, 0) is 73.7 Å². The summed E-state index contributed by atoms with van der Waals surface area (Å²) in [5.41, 5.74) is 1.87. The molecule has 122 valence electrons. The van der Waals surface area contributed by atoms with Crippen molar-refractivity contribution in [3.8, 4) is 0 Å². The number of rotatable bonds is 5. The van der Waals surface area contributed by atoms with Crippen molar-refractivity contribution in [2.75, 3.05) is 0 Å². The summed E-state index contributed by atoms with van der Waals surface area (Å²) < 4.78 is 6.17. The first-order valence-corrected chi connectivity index (χ1v) is 9.38. The highest BCUT2D eigenvalue weighted by Crippen LogP contribution is 2.82. The average Bonchev–Trinajstić information content (AvgIpc) is 3.00. The zero-order chi connectivity index (χ0) is 15.7. The lowest BCUT2D eigenvalue weighted by atomic mass is 9.38. The highest BCUT2D eigenvalue weighted by Gasteiger charge is 2.78. The number of carbonyl (C=O) groups excluding carboxylic acids is 1. The van der Waals surface area contributed by atoms with Gasteiger partial charge in [-0.3, -0.25) is 4.79 Å². The second-order valence-corrected chi connectivity index (χ2v) is 8.79. The van der Waals surface area contributed by atoms with Crippen molar-refractivity contribution in [3.05, 3.63) is 35.9 Å². The third-order valence-electron chi connectivity index (χ3n) is 7.71. The van der Waals surface area contributed by atoms with Crippen molar-refractivity contribution in [2.45, 2.75) is 57.5 Å². The molecule has 4 aliphatic carbocycles. The van der Waals surface area contributed by atoms with E-state index < -0.39 is 0 Å². The van der Waals surface area contributed by atoms with Crippen molar-refractivity contribution in [2.24, 2.45) is 29.1 Å². The Bertz CT molecular complexity index is 619. The molecule has 0 saturated heterocycles. The van der Waals surface area contributed by atoms with E-state index >= 15 is 0 Å². The number of hydrogen-bond acceptors (Lipinski definition) is 2. The number of carbonyl (C=O) groups is 1. The Kier molecular flexibility index (Phi) is 2.82. The number of ether oxygens (including phenoxy) is 1. The molecule has 3 unspecified atom stereocenters. The molecule has 0 heterocycles. The van der Waals surface area contributed by atoms with E-state index in [1.165, 1.54) is 24.8 Å². The summed E-state index contributed by atoms with van der Waals surface area (Å²) in [7, 11) is 0. The fraction of sp³-hybridized carbons (Fsp3) is 0.667. The summed E-state index contributed by atoms with van der Waals surface area (Å²) in [5.74, 6) is 2.81. The molecule has 0 aliphatic heterocycles. The Hall–Kier alpha value is -1.31. The molecule has 3 atom stereocenters. The molecule has 4 aliphatic rings. The van der Waals surface area contributed by atoms with E-state index in [9.17, 15) is 4.79 Å². The summed E-state index contributed by atoms with van der Waals surface area (Å²) in [5, 5.41) is 0. The van der Waals surface area contributed by atoms with Gasteiger partial charge >= 0.3 is 5.97 Å². The van der Waals surface area contributed by atoms with Crippen LogP contribution in [0.3, 0.4) is 0 Å². The van der Waals surface area contributed by atoms with Crippen LogP contribution in [0.5, 0.6) is 0 Å². The molecule has 1 aromatic rings. The van der Waals surface area contributed by atoms with Crippen molar-refractivity contribution in [1.29, 1.82) is 0 Å². The largest absolute Gasteiger partial charge is 0.459 e. The first-order valence-electron chi connectivity index (χ1n) is 9.38. The van der Waals surface area contributed by atoms with Crippen LogP contribution in [0.15, 0.2) is 30.3 Å². The van der Waals surface area contributed by atoms with Crippen LogP contribution < -0.4 is 0 Å². The topological polar surface area (TPSA) is 26.3 Å². The molecule has 0 radical (unpaired) electrons. The summed E-state index contributed by atoms with van der Waals surface area (Å²) >= 11 is 0. The molecule has 1 aromatic carbocycles. The molecular weight excluding hydrogens is 284 g/mol. The first kappa shape index (κ1) is 14.1. The number of esters is 1. The van der Waals surface area contributed by atoms with Gasteiger partial charge in [0, 0.05) is 0 Å².